The molecule has 0 unspecified atom stereocenters. The quantitative estimate of drug-likeness (QED) is 0.527. The van der Waals surface area contributed by atoms with Gasteiger partial charge in [-0.2, -0.15) is 0 Å². The van der Waals surface area contributed by atoms with Crippen LogP contribution in [-0.4, -0.2) is 24.7 Å². The first kappa shape index (κ1) is 22.4. The van der Waals surface area contributed by atoms with Gasteiger partial charge in [-0.25, -0.2) is 0 Å². The number of rotatable bonds is 7. The summed E-state index contributed by atoms with van der Waals surface area (Å²) in [5.41, 5.74) is 1.84. The Labute approximate surface area is 200 Å². The van der Waals surface area contributed by atoms with Crippen LogP contribution in [0.1, 0.15) is 75.0 Å². The van der Waals surface area contributed by atoms with Gasteiger partial charge >= 0.3 is 0 Å². The van der Waals surface area contributed by atoms with Gasteiger partial charge in [0.2, 0.25) is 5.91 Å². The second kappa shape index (κ2) is 9.46. The summed E-state index contributed by atoms with van der Waals surface area (Å²) >= 11 is 6.26. The zero-order valence-electron chi connectivity index (χ0n) is 19.2. The molecule has 0 saturated heterocycles. The smallest absolute Gasteiger partial charge is 0.220 e. The maximum Gasteiger partial charge on any atom is 0.220 e. The minimum absolute atomic E-state index is 0.0249. The topological polar surface area (TPSA) is 56.8 Å². The lowest BCUT2D eigenvalue weighted by molar-refractivity contribution is -0.123. The van der Waals surface area contributed by atoms with Gasteiger partial charge in [0.25, 0.3) is 0 Å². The first-order chi connectivity index (χ1) is 16.0. The van der Waals surface area contributed by atoms with E-state index in [9.17, 15) is 4.79 Å². The normalized spacial score (nSPS) is 21.1. The molecule has 0 aromatic heterocycles. The Hall–Kier alpha value is -2.40. The average molecular weight is 470 g/mol. The Balaban J connectivity index is 1.28. The van der Waals surface area contributed by atoms with Crippen LogP contribution < -0.4 is 19.5 Å². The lowest BCUT2D eigenvalue weighted by atomic mass is 9.73. The van der Waals surface area contributed by atoms with E-state index in [-0.39, 0.29) is 23.7 Å². The molecule has 0 bridgehead atoms. The van der Waals surface area contributed by atoms with E-state index < -0.39 is 0 Å². The van der Waals surface area contributed by atoms with Crippen molar-refractivity contribution in [1.29, 1.82) is 0 Å². The Morgan fingerprint density at radius 1 is 1.18 bits per heavy atom. The minimum atomic E-state index is -0.145. The van der Waals surface area contributed by atoms with Crippen LogP contribution in [-0.2, 0) is 11.2 Å². The van der Waals surface area contributed by atoms with Gasteiger partial charge in [-0.3, -0.25) is 4.79 Å². The molecule has 1 atom stereocenters. The van der Waals surface area contributed by atoms with Crippen LogP contribution in [0, 0.1) is 0 Å². The predicted molar refractivity (Wildman–Crippen MR) is 128 cm³/mol. The Morgan fingerprint density at radius 2 is 2.00 bits per heavy atom. The number of fused-ring (bicyclic) bond motifs is 1. The largest absolute Gasteiger partial charge is 0.493 e. The van der Waals surface area contributed by atoms with Gasteiger partial charge in [0.1, 0.15) is 11.4 Å². The molecule has 1 amide bonds. The second-order valence-electron chi connectivity index (χ2n) is 9.62. The third kappa shape index (κ3) is 4.79. The monoisotopic (exact) mass is 469 g/mol. The second-order valence-corrected chi connectivity index (χ2v) is 10.1. The molecule has 0 radical (unpaired) electrons. The maximum absolute atomic E-state index is 13.1. The molecule has 2 saturated carbocycles. The number of hydrogen-bond donors (Lipinski definition) is 1. The highest BCUT2D eigenvalue weighted by Gasteiger charge is 2.46. The fourth-order valence-corrected chi connectivity index (χ4v) is 5.57. The highest BCUT2D eigenvalue weighted by Crippen LogP contribution is 2.49. The summed E-state index contributed by atoms with van der Waals surface area (Å²) in [6.45, 7) is 0. The van der Waals surface area contributed by atoms with Crippen LogP contribution in [0.25, 0.3) is 0 Å². The van der Waals surface area contributed by atoms with Crippen molar-refractivity contribution in [2.24, 2.45) is 0 Å². The van der Waals surface area contributed by atoms with E-state index in [4.69, 9.17) is 25.8 Å². The highest BCUT2D eigenvalue weighted by atomic mass is 35.5. The first-order valence-corrected chi connectivity index (χ1v) is 12.5. The van der Waals surface area contributed by atoms with E-state index in [0.29, 0.717) is 17.9 Å². The molecule has 1 aliphatic heterocycles. The molecular weight excluding hydrogens is 438 g/mol. The van der Waals surface area contributed by atoms with Crippen molar-refractivity contribution < 1.29 is 19.0 Å². The van der Waals surface area contributed by atoms with Gasteiger partial charge in [0.05, 0.1) is 19.3 Å². The van der Waals surface area contributed by atoms with Crippen LogP contribution >= 0.6 is 11.6 Å². The number of carbonyl (C=O) groups is 1. The van der Waals surface area contributed by atoms with Crippen molar-refractivity contribution in [2.75, 3.05) is 7.11 Å². The molecule has 6 heteroatoms. The number of ether oxygens (including phenoxy) is 3. The van der Waals surface area contributed by atoms with Gasteiger partial charge in [-0.1, -0.05) is 23.7 Å². The van der Waals surface area contributed by atoms with E-state index in [1.54, 1.807) is 7.11 Å². The Morgan fingerprint density at radius 3 is 2.73 bits per heavy atom. The molecule has 5 rings (SSSR count). The minimum Gasteiger partial charge on any atom is -0.493 e. The predicted octanol–water partition coefficient (Wildman–Crippen LogP) is 6.17. The van der Waals surface area contributed by atoms with Crippen molar-refractivity contribution in [1.82, 2.24) is 5.32 Å². The van der Waals surface area contributed by atoms with Gasteiger partial charge in [-0.05, 0) is 81.2 Å². The molecule has 176 valence electrons. The molecule has 3 aliphatic rings. The summed E-state index contributed by atoms with van der Waals surface area (Å²) in [5.74, 6) is 2.39. The number of carbonyl (C=O) groups excluding carboxylic acids is 1. The van der Waals surface area contributed by atoms with Crippen molar-refractivity contribution >= 4 is 17.5 Å². The average Bonchev–Trinajstić information content (AvgIpc) is 3.30. The summed E-state index contributed by atoms with van der Waals surface area (Å²) in [7, 11) is 1.66. The Kier molecular flexibility index (Phi) is 6.42. The van der Waals surface area contributed by atoms with Gasteiger partial charge in [0, 0.05) is 23.4 Å². The lowest BCUT2D eigenvalue weighted by Crippen LogP contribution is -2.49. The van der Waals surface area contributed by atoms with E-state index in [2.05, 4.69) is 5.32 Å². The molecule has 2 aromatic carbocycles. The fourth-order valence-electron chi connectivity index (χ4n) is 5.39. The maximum atomic E-state index is 13.1. The summed E-state index contributed by atoms with van der Waals surface area (Å²) in [5, 5.41) is 3.93. The molecule has 1 heterocycles. The molecule has 1 spiro atoms. The fraction of sp³-hybridized carbons (Fsp3) is 0.519. The van der Waals surface area contributed by atoms with Crippen LogP contribution in [0.4, 0.5) is 0 Å². The summed E-state index contributed by atoms with van der Waals surface area (Å²) < 4.78 is 18.2. The number of nitrogens with one attached hydrogen (secondary N) is 1. The van der Waals surface area contributed by atoms with Crippen LogP contribution in [0.5, 0.6) is 17.2 Å². The number of benzene rings is 2. The Bertz CT molecular complexity index is 1010. The molecule has 2 aromatic rings. The molecule has 33 heavy (non-hydrogen) atoms. The van der Waals surface area contributed by atoms with E-state index in [1.165, 1.54) is 19.3 Å². The number of para-hydroxylation sites is 1. The van der Waals surface area contributed by atoms with Crippen LogP contribution in [0.3, 0.4) is 0 Å². The molecular formula is C27H32ClNO4. The van der Waals surface area contributed by atoms with Gasteiger partial charge < -0.3 is 19.5 Å². The standard InChI is InChI=1S/C27H32ClNO4/c1-31-24-9-4-6-18(26(24)32-20-7-2-3-8-20)10-13-25(30)29-22-17-27(14-5-15-27)33-23-12-11-19(28)16-21(22)23/h4,6,9,11-12,16,20,22H,2-3,5,7-8,10,13-15,17H2,1H3,(H,29,30)/t22-/m0/s1. The zero-order chi connectivity index (χ0) is 22.8. The summed E-state index contributed by atoms with van der Waals surface area (Å²) in [6, 6.07) is 11.5. The van der Waals surface area contributed by atoms with E-state index >= 15 is 0 Å². The summed E-state index contributed by atoms with van der Waals surface area (Å²) in [4.78, 5) is 13.1. The molecule has 2 fully saturated rings. The third-order valence-electron chi connectivity index (χ3n) is 7.34. The molecule has 1 N–H and O–H groups in total. The third-order valence-corrected chi connectivity index (χ3v) is 7.57. The summed E-state index contributed by atoms with van der Waals surface area (Å²) in [6.07, 6.45) is 9.81. The number of aryl methyl sites for hydroxylation is 1. The van der Waals surface area contributed by atoms with E-state index in [0.717, 1.165) is 60.5 Å². The van der Waals surface area contributed by atoms with Crippen molar-refractivity contribution in [3.8, 4) is 17.2 Å². The number of halogens is 1. The number of amides is 1. The van der Waals surface area contributed by atoms with Crippen molar-refractivity contribution in [2.45, 2.75) is 82.0 Å². The van der Waals surface area contributed by atoms with Crippen LogP contribution in [0.15, 0.2) is 36.4 Å². The SMILES string of the molecule is COc1cccc(CCC(=O)N[C@H]2CC3(CCC3)Oc3ccc(Cl)cc32)c1OC1CCCC1. The highest BCUT2D eigenvalue weighted by molar-refractivity contribution is 6.30. The molecule has 5 nitrogen and oxygen atoms in total. The van der Waals surface area contributed by atoms with E-state index in [1.807, 2.05) is 36.4 Å². The van der Waals surface area contributed by atoms with Crippen LogP contribution in [0.2, 0.25) is 5.02 Å². The lowest BCUT2D eigenvalue weighted by Gasteiger charge is -2.48. The van der Waals surface area contributed by atoms with Crippen molar-refractivity contribution in [3.63, 3.8) is 0 Å². The van der Waals surface area contributed by atoms with Gasteiger partial charge in [-0.15, -0.1) is 0 Å². The zero-order valence-corrected chi connectivity index (χ0v) is 20.0. The van der Waals surface area contributed by atoms with Gasteiger partial charge in [0.15, 0.2) is 11.5 Å². The number of methoxy groups -OCH3 is 1. The molecule has 2 aliphatic carbocycles. The van der Waals surface area contributed by atoms with Crippen molar-refractivity contribution in [3.05, 3.63) is 52.5 Å². The first-order valence-electron chi connectivity index (χ1n) is 12.2. The number of hydrogen-bond acceptors (Lipinski definition) is 4.